The van der Waals surface area contributed by atoms with E-state index < -0.39 is 0 Å². The molecule has 0 aliphatic carbocycles. The summed E-state index contributed by atoms with van der Waals surface area (Å²) in [5.74, 6) is 0.584. The van der Waals surface area contributed by atoms with Crippen LogP contribution >= 0.6 is 39.1 Å². The van der Waals surface area contributed by atoms with Crippen molar-refractivity contribution < 1.29 is 4.74 Å². The minimum atomic E-state index is -0.000920. The number of alkyl halides is 1. The Kier molecular flexibility index (Phi) is 5.00. The standard InChI is InChI=1S/C16H15BrCl2O/c1-9-4-5-11(10(2)6-9)16(17)12-7-14(19)15(20-3)8-13(12)18/h4-8,16H,1-3H3. The molecule has 0 aromatic heterocycles. The largest absolute Gasteiger partial charge is 0.495 e. The molecule has 0 saturated heterocycles. The van der Waals surface area contributed by atoms with Crippen LogP contribution in [0.3, 0.4) is 0 Å². The van der Waals surface area contributed by atoms with Crippen LogP contribution in [0, 0.1) is 13.8 Å². The zero-order valence-electron chi connectivity index (χ0n) is 11.5. The molecule has 0 radical (unpaired) electrons. The minimum Gasteiger partial charge on any atom is -0.495 e. The van der Waals surface area contributed by atoms with E-state index in [1.165, 1.54) is 16.7 Å². The Labute approximate surface area is 138 Å². The first kappa shape index (κ1) is 15.7. The lowest BCUT2D eigenvalue weighted by molar-refractivity contribution is 0.415. The maximum Gasteiger partial charge on any atom is 0.138 e. The van der Waals surface area contributed by atoms with Crippen molar-refractivity contribution in [1.29, 1.82) is 0 Å². The van der Waals surface area contributed by atoms with Gasteiger partial charge >= 0.3 is 0 Å². The minimum absolute atomic E-state index is 0.000920. The normalized spacial score (nSPS) is 12.3. The van der Waals surface area contributed by atoms with Crippen molar-refractivity contribution in [2.45, 2.75) is 18.7 Å². The van der Waals surface area contributed by atoms with Crippen molar-refractivity contribution in [3.63, 3.8) is 0 Å². The van der Waals surface area contributed by atoms with Crippen LogP contribution in [0.4, 0.5) is 0 Å². The predicted octanol–water partition coefficient (Wildman–Crippen LogP) is 6.10. The van der Waals surface area contributed by atoms with Crippen molar-refractivity contribution in [1.82, 2.24) is 0 Å². The fourth-order valence-electron chi connectivity index (χ4n) is 2.17. The number of hydrogen-bond acceptors (Lipinski definition) is 1. The van der Waals surface area contributed by atoms with Gasteiger partial charge in [-0.2, -0.15) is 0 Å². The lowest BCUT2D eigenvalue weighted by Crippen LogP contribution is -1.98. The molecule has 1 unspecified atom stereocenters. The molecule has 20 heavy (non-hydrogen) atoms. The highest BCUT2D eigenvalue weighted by Gasteiger charge is 2.18. The van der Waals surface area contributed by atoms with E-state index in [0.29, 0.717) is 15.8 Å². The maximum absolute atomic E-state index is 6.34. The van der Waals surface area contributed by atoms with Crippen LogP contribution in [0.25, 0.3) is 0 Å². The van der Waals surface area contributed by atoms with Gasteiger partial charge in [-0.3, -0.25) is 0 Å². The fraction of sp³-hybridized carbons (Fsp3) is 0.250. The SMILES string of the molecule is COc1cc(Cl)c(C(Br)c2ccc(C)cc2C)cc1Cl. The monoisotopic (exact) mass is 372 g/mol. The van der Waals surface area contributed by atoms with Crippen molar-refractivity contribution in [2.24, 2.45) is 0 Å². The summed E-state index contributed by atoms with van der Waals surface area (Å²) in [4.78, 5) is -0.000920. The molecule has 0 heterocycles. The van der Waals surface area contributed by atoms with E-state index in [-0.39, 0.29) is 4.83 Å². The summed E-state index contributed by atoms with van der Waals surface area (Å²) in [6.07, 6.45) is 0. The first-order valence-corrected chi connectivity index (χ1v) is 7.85. The lowest BCUT2D eigenvalue weighted by atomic mass is 9.98. The number of ether oxygens (including phenoxy) is 1. The molecule has 2 aromatic rings. The molecule has 0 aliphatic heterocycles. The van der Waals surface area contributed by atoms with Gasteiger partial charge in [0.1, 0.15) is 5.75 Å². The molecule has 1 atom stereocenters. The van der Waals surface area contributed by atoms with E-state index >= 15 is 0 Å². The number of benzene rings is 2. The zero-order chi connectivity index (χ0) is 14.9. The predicted molar refractivity (Wildman–Crippen MR) is 89.7 cm³/mol. The van der Waals surface area contributed by atoms with Gasteiger partial charge in [0, 0.05) is 11.1 Å². The van der Waals surface area contributed by atoms with Gasteiger partial charge in [-0.15, -0.1) is 0 Å². The first-order chi connectivity index (χ1) is 9.43. The van der Waals surface area contributed by atoms with Gasteiger partial charge in [0.25, 0.3) is 0 Å². The number of hydrogen-bond donors (Lipinski definition) is 0. The average Bonchev–Trinajstić information content (AvgIpc) is 2.40. The maximum atomic E-state index is 6.34. The quantitative estimate of drug-likeness (QED) is 0.590. The van der Waals surface area contributed by atoms with Crippen molar-refractivity contribution in [3.8, 4) is 5.75 Å². The van der Waals surface area contributed by atoms with Crippen molar-refractivity contribution in [2.75, 3.05) is 7.11 Å². The van der Waals surface area contributed by atoms with Gasteiger partial charge in [0.15, 0.2) is 0 Å². The average molecular weight is 374 g/mol. The van der Waals surface area contributed by atoms with E-state index in [4.69, 9.17) is 27.9 Å². The molecule has 0 amide bonds. The first-order valence-electron chi connectivity index (χ1n) is 6.18. The Morgan fingerprint density at radius 1 is 1.00 bits per heavy atom. The van der Waals surface area contributed by atoms with Gasteiger partial charge in [0.05, 0.1) is 17.0 Å². The molecule has 2 aromatic carbocycles. The smallest absolute Gasteiger partial charge is 0.138 e. The molecule has 0 saturated carbocycles. The third-order valence-corrected chi connectivity index (χ3v) is 4.85. The number of rotatable bonds is 3. The van der Waals surface area contributed by atoms with Crippen LogP contribution in [-0.2, 0) is 0 Å². The van der Waals surface area contributed by atoms with E-state index in [9.17, 15) is 0 Å². The number of aryl methyl sites for hydroxylation is 2. The Hall–Kier alpha value is -0.700. The van der Waals surface area contributed by atoms with Crippen LogP contribution < -0.4 is 4.74 Å². The van der Waals surface area contributed by atoms with Crippen LogP contribution in [0.1, 0.15) is 27.1 Å². The second-order valence-electron chi connectivity index (χ2n) is 4.73. The molecule has 0 aliphatic rings. The molecule has 4 heteroatoms. The van der Waals surface area contributed by atoms with E-state index in [2.05, 4.69) is 48.0 Å². The van der Waals surface area contributed by atoms with Gasteiger partial charge < -0.3 is 4.74 Å². The topological polar surface area (TPSA) is 9.23 Å². The molecular weight excluding hydrogens is 359 g/mol. The lowest BCUT2D eigenvalue weighted by Gasteiger charge is -2.17. The van der Waals surface area contributed by atoms with Crippen LogP contribution in [-0.4, -0.2) is 7.11 Å². The molecular formula is C16H15BrCl2O. The zero-order valence-corrected chi connectivity index (χ0v) is 14.6. The highest BCUT2D eigenvalue weighted by atomic mass is 79.9. The summed E-state index contributed by atoms with van der Waals surface area (Å²) in [7, 11) is 1.58. The van der Waals surface area contributed by atoms with Crippen LogP contribution in [0.15, 0.2) is 30.3 Å². The highest BCUT2D eigenvalue weighted by Crippen LogP contribution is 2.41. The molecule has 0 N–H and O–H groups in total. The van der Waals surface area contributed by atoms with Crippen LogP contribution in [0.5, 0.6) is 5.75 Å². The Morgan fingerprint density at radius 3 is 2.30 bits per heavy atom. The van der Waals surface area contributed by atoms with Gasteiger partial charge in [0.2, 0.25) is 0 Å². The molecule has 1 nitrogen and oxygen atoms in total. The second kappa shape index (κ2) is 6.38. The Morgan fingerprint density at radius 2 is 1.70 bits per heavy atom. The van der Waals surface area contributed by atoms with E-state index in [1.54, 1.807) is 13.2 Å². The third-order valence-electron chi connectivity index (χ3n) is 3.24. The molecule has 106 valence electrons. The Balaban J connectivity index is 2.48. The third kappa shape index (κ3) is 3.13. The molecule has 2 rings (SSSR count). The number of methoxy groups -OCH3 is 1. The number of halogens is 3. The van der Waals surface area contributed by atoms with E-state index in [1.807, 2.05) is 6.07 Å². The van der Waals surface area contributed by atoms with E-state index in [0.717, 1.165) is 5.56 Å². The molecule has 0 spiro atoms. The van der Waals surface area contributed by atoms with Gasteiger partial charge in [-0.25, -0.2) is 0 Å². The molecule has 0 bridgehead atoms. The van der Waals surface area contributed by atoms with Crippen LogP contribution in [0.2, 0.25) is 10.0 Å². The summed E-state index contributed by atoms with van der Waals surface area (Å²) in [6.45, 7) is 4.17. The second-order valence-corrected chi connectivity index (χ2v) is 6.46. The summed E-state index contributed by atoms with van der Waals surface area (Å²) in [5, 5.41) is 1.19. The highest BCUT2D eigenvalue weighted by molar-refractivity contribution is 9.09. The van der Waals surface area contributed by atoms with Gasteiger partial charge in [-0.1, -0.05) is 62.9 Å². The summed E-state index contributed by atoms with van der Waals surface area (Å²) in [5.41, 5.74) is 4.57. The molecule has 0 fully saturated rings. The van der Waals surface area contributed by atoms with Gasteiger partial charge in [-0.05, 0) is 36.6 Å². The van der Waals surface area contributed by atoms with Crippen molar-refractivity contribution in [3.05, 3.63) is 62.6 Å². The summed E-state index contributed by atoms with van der Waals surface area (Å²) < 4.78 is 5.17. The Bertz CT molecular complexity index is 641. The summed E-state index contributed by atoms with van der Waals surface area (Å²) >= 11 is 16.3. The summed E-state index contributed by atoms with van der Waals surface area (Å²) in [6, 6.07) is 9.95. The fourth-order valence-corrected chi connectivity index (χ4v) is 3.71. The van der Waals surface area contributed by atoms with Crippen molar-refractivity contribution >= 4 is 39.1 Å².